The van der Waals surface area contributed by atoms with Gasteiger partial charge in [0.25, 0.3) is 0 Å². The molecule has 0 aliphatic rings. The molecular formula is C16H21ClIN5O. The van der Waals surface area contributed by atoms with E-state index in [1.807, 2.05) is 19.1 Å². The van der Waals surface area contributed by atoms with Gasteiger partial charge in [-0.05, 0) is 31.2 Å². The van der Waals surface area contributed by atoms with Crippen molar-refractivity contribution in [1.82, 2.24) is 20.8 Å². The summed E-state index contributed by atoms with van der Waals surface area (Å²) >= 11 is 5.87. The van der Waals surface area contributed by atoms with Crippen LogP contribution in [0, 0.1) is 0 Å². The summed E-state index contributed by atoms with van der Waals surface area (Å²) in [5, 5.41) is 10.9. The van der Waals surface area contributed by atoms with Crippen LogP contribution < -0.4 is 10.6 Å². The summed E-state index contributed by atoms with van der Waals surface area (Å²) in [5.74, 6) is 1.85. The summed E-state index contributed by atoms with van der Waals surface area (Å²) in [6.07, 6.45) is 2.36. The molecule has 0 radical (unpaired) electrons. The van der Waals surface area contributed by atoms with Crippen molar-refractivity contribution in [2.45, 2.75) is 13.3 Å². The van der Waals surface area contributed by atoms with E-state index in [-0.39, 0.29) is 24.0 Å². The molecule has 24 heavy (non-hydrogen) atoms. The van der Waals surface area contributed by atoms with Gasteiger partial charge in [-0.1, -0.05) is 22.8 Å². The van der Waals surface area contributed by atoms with E-state index in [0.29, 0.717) is 36.2 Å². The predicted molar refractivity (Wildman–Crippen MR) is 108 cm³/mol. The number of nitrogens with zero attached hydrogens (tertiary/aromatic N) is 3. The second kappa shape index (κ2) is 11.0. The second-order valence-corrected chi connectivity index (χ2v) is 5.14. The van der Waals surface area contributed by atoms with E-state index in [2.05, 4.69) is 32.3 Å². The Bertz CT molecular complexity index is 657. The molecule has 0 atom stereocenters. The molecule has 0 saturated heterocycles. The molecule has 0 amide bonds. The first-order chi connectivity index (χ1) is 11.2. The van der Waals surface area contributed by atoms with Crippen LogP contribution in [0.25, 0.3) is 11.4 Å². The van der Waals surface area contributed by atoms with Gasteiger partial charge >= 0.3 is 0 Å². The zero-order valence-corrected chi connectivity index (χ0v) is 16.5. The molecule has 6 nitrogen and oxygen atoms in total. The summed E-state index contributed by atoms with van der Waals surface area (Å²) in [5.41, 5.74) is 0.869. The lowest BCUT2D eigenvalue weighted by Crippen LogP contribution is -2.37. The molecule has 130 valence electrons. The van der Waals surface area contributed by atoms with Gasteiger partial charge in [-0.15, -0.1) is 30.6 Å². The van der Waals surface area contributed by atoms with Crippen molar-refractivity contribution in [2.75, 3.05) is 19.6 Å². The van der Waals surface area contributed by atoms with E-state index in [4.69, 9.17) is 16.1 Å². The molecule has 1 aromatic carbocycles. The number of aliphatic imine (C=N–C) groups is 1. The Labute approximate surface area is 163 Å². The molecule has 1 aromatic heterocycles. The summed E-state index contributed by atoms with van der Waals surface area (Å²) in [6.45, 7) is 7.69. The molecule has 0 bridgehead atoms. The fraction of sp³-hybridized carbons (Fsp3) is 0.312. The van der Waals surface area contributed by atoms with Gasteiger partial charge in [0.05, 0.1) is 6.54 Å². The van der Waals surface area contributed by atoms with Gasteiger partial charge in [-0.2, -0.15) is 4.98 Å². The Balaban J connectivity index is 0.00000288. The smallest absolute Gasteiger partial charge is 0.228 e. The van der Waals surface area contributed by atoms with Crippen LogP contribution in [0.2, 0.25) is 5.02 Å². The van der Waals surface area contributed by atoms with Crippen LogP contribution in [-0.4, -0.2) is 35.7 Å². The van der Waals surface area contributed by atoms with Crippen molar-refractivity contribution in [2.24, 2.45) is 4.99 Å². The van der Waals surface area contributed by atoms with Gasteiger partial charge in [-0.3, -0.25) is 4.99 Å². The number of nitrogens with one attached hydrogen (secondary N) is 2. The summed E-state index contributed by atoms with van der Waals surface area (Å²) in [6, 6.07) is 7.31. The number of benzene rings is 1. The Hall–Kier alpha value is -1.61. The highest BCUT2D eigenvalue weighted by Crippen LogP contribution is 2.18. The number of rotatable bonds is 7. The van der Waals surface area contributed by atoms with Gasteiger partial charge in [-0.25, -0.2) is 0 Å². The molecule has 2 aromatic rings. The van der Waals surface area contributed by atoms with Crippen molar-refractivity contribution in [3.05, 3.63) is 47.8 Å². The molecule has 0 spiro atoms. The third-order valence-electron chi connectivity index (χ3n) is 2.92. The van der Waals surface area contributed by atoms with E-state index in [1.54, 1.807) is 18.2 Å². The Morgan fingerprint density at radius 3 is 2.75 bits per heavy atom. The molecule has 0 unspecified atom stereocenters. The first kappa shape index (κ1) is 20.4. The summed E-state index contributed by atoms with van der Waals surface area (Å²) < 4.78 is 5.25. The molecule has 1 heterocycles. The lowest BCUT2D eigenvalue weighted by molar-refractivity contribution is 0.380. The van der Waals surface area contributed by atoms with Crippen LogP contribution in [0.15, 0.2) is 46.4 Å². The van der Waals surface area contributed by atoms with Crippen LogP contribution in [0.5, 0.6) is 0 Å². The quantitative estimate of drug-likeness (QED) is 0.286. The van der Waals surface area contributed by atoms with Gasteiger partial charge in [0, 0.05) is 30.1 Å². The Morgan fingerprint density at radius 1 is 1.33 bits per heavy atom. The molecule has 0 fully saturated rings. The fourth-order valence-electron chi connectivity index (χ4n) is 1.85. The first-order valence-electron chi connectivity index (χ1n) is 7.44. The topological polar surface area (TPSA) is 75.3 Å². The Kier molecular flexibility index (Phi) is 9.39. The van der Waals surface area contributed by atoms with Crippen LogP contribution in [0.4, 0.5) is 0 Å². The average molecular weight is 462 g/mol. The van der Waals surface area contributed by atoms with Gasteiger partial charge in [0.2, 0.25) is 11.7 Å². The monoisotopic (exact) mass is 461 g/mol. The normalized spacial score (nSPS) is 10.8. The lowest BCUT2D eigenvalue weighted by atomic mass is 10.2. The van der Waals surface area contributed by atoms with Crippen molar-refractivity contribution in [1.29, 1.82) is 0 Å². The number of aromatic nitrogens is 2. The molecule has 2 N–H and O–H groups in total. The summed E-state index contributed by atoms with van der Waals surface area (Å²) in [4.78, 5) is 8.81. The SMILES string of the molecule is C=CCNC(=NCCc1nc(-c2ccc(Cl)cc2)no1)NCC.I. The minimum Gasteiger partial charge on any atom is -0.357 e. The third-order valence-corrected chi connectivity index (χ3v) is 3.18. The van der Waals surface area contributed by atoms with Gasteiger partial charge < -0.3 is 15.2 Å². The number of hydrogen-bond donors (Lipinski definition) is 2. The summed E-state index contributed by atoms with van der Waals surface area (Å²) in [7, 11) is 0. The number of guanidine groups is 1. The van der Waals surface area contributed by atoms with Gasteiger partial charge in [0.1, 0.15) is 0 Å². The van der Waals surface area contributed by atoms with E-state index < -0.39 is 0 Å². The molecule has 0 saturated carbocycles. The molecule has 2 rings (SSSR count). The van der Waals surface area contributed by atoms with E-state index in [9.17, 15) is 0 Å². The van der Waals surface area contributed by atoms with E-state index in [0.717, 1.165) is 18.1 Å². The van der Waals surface area contributed by atoms with Gasteiger partial charge in [0.15, 0.2) is 5.96 Å². The highest BCUT2D eigenvalue weighted by molar-refractivity contribution is 14.0. The van der Waals surface area contributed by atoms with Crippen LogP contribution in [0.1, 0.15) is 12.8 Å². The highest BCUT2D eigenvalue weighted by Gasteiger charge is 2.08. The zero-order chi connectivity index (χ0) is 16.5. The maximum Gasteiger partial charge on any atom is 0.228 e. The van der Waals surface area contributed by atoms with Crippen LogP contribution in [-0.2, 0) is 6.42 Å². The predicted octanol–water partition coefficient (Wildman–Crippen LogP) is 3.29. The largest absolute Gasteiger partial charge is 0.357 e. The first-order valence-corrected chi connectivity index (χ1v) is 7.82. The molecule has 8 heteroatoms. The third kappa shape index (κ3) is 6.48. The van der Waals surface area contributed by atoms with Crippen molar-refractivity contribution in [3.8, 4) is 11.4 Å². The van der Waals surface area contributed by atoms with Crippen molar-refractivity contribution in [3.63, 3.8) is 0 Å². The van der Waals surface area contributed by atoms with Crippen molar-refractivity contribution < 1.29 is 4.52 Å². The van der Waals surface area contributed by atoms with Crippen LogP contribution in [0.3, 0.4) is 0 Å². The molecule has 0 aliphatic heterocycles. The minimum atomic E-state index is 0. The van der Waals surface area contributed by atoms with Crippen molar-refractivity contribution >= 4 is 41.5 Å². The number of halogens is 2. The molecule has 0 aliphatic carbocycles. The van der Waals surface area contributed by atoms with Crippen LogP contribution >= 0.6 is 35.6 Å². The maximum absolute atomic E-state index is 5.87. The number of hydrogen-bond acceptors (Lipinski definition) is 4. The standard InChI is InChI=1S/C16H20ClN5O.HI/c1-3-10-19-16(18-4-2)20-11-9-14-21-15(22-23-14)12-5-7-13(17)8-6-12;/h3,5-8H,1,4,9-11H2,2H3,(H2,18,19,20);1H. The average Bonchev–Trinajstić information content (AvgIpc) is 3.02. The maximum atomic E-state index is 5.87. The lowest BCUT2D eigenvalue weighted by Gasteiger charge is -2.08. The minimum absolute atomic E-state index is 0. The zero-order valence-electron chi connectivity index (χ0n) is 13.5. The second-order valence-electron chi connectivity index (χ2n) is 4.70. The van der Waals surface area contributed by atoms with E-state index in [1.165, 1.54) is 0 Å². The fourth-order valence-corrected chi connectivity index (χ4v) is 1.97. The highest BCUT2D eigenvalue weighted by atomic mass is 127. The Morgan fingerprint density at radius 2 is 2.08 bits per heavy atom. The molecular weight excluding hydrogens is 441 g/mol. The van der Waals surface area contributed by atoms with E-state index >= 15 is 0 Å².